The normalized spacial score (nSPS) is 17.7. The van der Waals surface area contributed by atoms with Crippen LogP contribution in [0.5, 0.6) is 0 Å². The molecule has 1 aromatic carbocycles. The summed E-state index contributed by atoms with van der Waals surface area (Å²) in [7, 11) is 3.53. The zero-order valence-corrected chi connectivity index (χ0v) is 12.4. The first-order valence-corrected chi connectivity index (χ1v) is 7.21. The fourth-order valence-corrected chi connectivity index (χ4v) is 2.93. The van der Waals surface area contributed by atoms with Crippen LogP contribution in [0.3, 0.4) is 0 Å². The molecule has 0 aromatic heterocycles. The standard InChI is InChI=1S/C16H24N2O2/c1-18(12-13-20-2)15(19)16(8-10-17-11-9-16)14-6-4-3-5-7-14/h3-7,17H,8-13H2,1-2H3. The van der Waals surface area contributed by atoms with Crippen LogP contribution in [0.2, 0.25) is 0 Å². The third kappa shape index (κ3) is 3.02. The van der Waals surface area contributed by atoms with Gasteiger partial charge in [-0.15, -0.1) is 0 Å². The molecule has 0 saturated carbocycles. The maximum absolute atomic E-state index is 13.0. The van der Waals surface area contributed by atoms with E-state index in [1.54, 1.807) is 7.11 Å². The molecule has 0 atom stereocenters. The number of carbonyl (C=O) groups excluding carboxylic acids is 1. The van der Waals surface area contributed by atoms with Crippen LogP contribution in [-0.2, 0) is 14.9 Å². The molecule has 0 unspecified atom stereocenters. The number of hydrogen-bond donors (Lipinski definition) is 1. The van der Waals surface area contributed by atoms with E-state index in [4.69, 9.17) is 4.74 Å². The Kier molecular flexibility index (Phi) is 5.15. The van der Waals surface area contributed by atoms with Crippen molar-refractivity contribution in [2.75, 3.05) is 40.4 Å². The summed E-state index contributed by atoms with van der Waals surface area (Å²) >= 11 is 0. The molecule has 4 nitrogen and oxygen atoms in total. The number of carbonyl (C=O) groups is 1. The Morgan fingerprint density at radius 3 is 2.55 bits per heavy atom. The second-order valence-electron chi connectivity index (χ2n) is 5.42. The van der Waals surface area contributed by atoms with Crippen LogP contribution in [0.25, 0.3) is 0 Å². The Morgan fingerprint density at radius 1 is 1.30 bits per heavy atom. The van der Waals surface area contributed by atoms with Crippen molar-refractivity contribution in [3.63, 3.8) is 0 Å². The Hall–Kier alpha value is -1.39. The predicted molar refractivity (Wildman–Crippen MR) is 79.7 cm³/mol. The summed E-state index contributed by atoms with van der Waals surface area (Å²) in [4.78, 5) is 14.8. The van der Waals surface area contributed by atoms with Gasteiger partial charge < -0.3 is 15.0 Å². The Labute approximate surface area is 121 Å². The predicted octanol–water partition coefficient (Wildman–Crippen LogP) is 1.41. The lowest BCUT2D eigenvalue weighted by Gasteiger charge is -2.39. The van der Waals surface area contributed by atoms with Crippen LogP contribution in [-0.4, -0.2) is 51.2 Å². The molecular weight excluding hydrogens is 252 g/mol. The summed E-state index contributed by atoms with van der Waals surface area (Å²) in [5.41, 5.74) is 0.755. The molecule has 1 N–H and O–H groups in total. The number of nitrogens with zero attached hydrogens (tertiary/aromatic N) is 1. The van der Waals surface area contributed by atoms with Gasteiger partial charge in [-0.25, -0.2) is 0 Å². The summed E-state index contributed by atoms with van der Waals surface area (Å²) in [6, 6.07) is 10.2. The van der Waals surface area contributed by atoms with E-state index in [9.17, 15) is 4.79 Å². The van der Waals surface area contributed by atoms with Gasteiger partial charge in [0.1, 0.15) is 0 Å². The highest BCUT2D eigenvalue weighted by Gasteiger charge is 2.42. The summed E-state index contributed by atoms with van der Waals surface area (Å²) in [6.07, 6.45) is 1.71. The summed E-state index contributed by atoms with van der Waals surface area (Å²) in [5, 5.41) is 3.35. The largest absolute Gasteiger partial charge is 0.383 e. The number of amides is 1. The molecule has 0 aliphatic carbocycles. The number of rotatable bonds is 5. The van der Waals surface area contributed by atoms with Crippen molar-refractivity contribution in [2.45, 2.75) is 18.3 Å². The van der Waals surface area contributed by atoms with Gasteiger partial charge in [0.15, 0.2) is 0 Å². The van der Waals surface area contributed by atoms with Crippen molar-refractivity contribution in [1.82, 2.24) is 10.2 Å². The SMILES string of the molecule is COCCN(C)C(=O)C1(c2ccccc2)CCNCC1. The van der Waals surface area contributed by atoms with E-state index >= 15 is 0 Å². The smallest absolute Gasteiger partial charge is 0.233 e. The van der Waals surface area contributed by atoms with Crippen LogP contribution in [0.15, 0.2) is 30.3 Å². The molecule has 1 aliphatic rings. The lowest BCUT2D eigenvalue weighted by Crippen LogP contribution is -2.51. The van der Waals surface area contributed by atoms with Crippen molar-refractivity contribution in [1.29, 1.82) is 0 Å². The number of benzene rings is 1. The number of methoxy groups -OCH3 is 1. The minimum absolute atomic E-state index is 0.210. The van der Waals surface area contributed by atoms with Gasteiger partial charge in [-0.2, -0.15) is 0 Å². The quantitative estimate of drug-likeness (QED) is 0.884. The minimum atomic E-state index is -0.380. The molecular formula is C16H24N2O2. The lowest BCUT2D eigenvalue weighted by atomic mass is 9.72. The minimum Gasteiger partial charge on any atom is -0.383 e. The molecule has 0 bridgehead atoms. The number of likely N-dealkylation sites (N-methyl/N-ethyl adjacent to an activating group) is 1. The topological polar surface area (TPSA) is 41.6 Å². The highest BCUT2D eigenvalue weighted by molar-refractivity contribution is 5.88. The zero-order chi connectivity index (χ0) is 14.4. The lowest BCUT2D eigenvalue weighted by molar-refractivity contribution is -0.137. The molecule has 0 spiro atoms. The monoisotopic (exact) mass is 276 g/mol. The highest BCUT2D eigenvalue weighted by Crippen LogP contribution is 2.35. The van der Waals surface area contributed by atoms with Crippen LogP contribution >= 0.6 is 0 Å². The Morgan fingerprint density at radius 2 is 1.95 bits per heavy atom. The summed E-state index contributed by atoms with van der Waals surface area (Å²) in [6.45, 7) is 2.99. The maximum atomic E-state index is 13.0. The number of hydrogen-bond acceptors (Lipinski definition) is 3. The molecule has 20 heavy (non-hydrogen) atoms. The van der Waals surface area contributed by atoms with E-state index in [1.807, 2.05) is 30.1 Å². The maximum Gasteiger partial charge on any atom is 0.233 e. The van der Waals surface area contributed by atoms with Crippen molar-refractivity contribution in [3.8, 4) is 0 Å². The number of nitrogens with one attached hydrogen (secondary N) is 1. The van der Waals surface area contributed by atoms with Gasteiger partial charge in [0.2, 0.25) is 5.91 Å². The molecule has 1 heterocycles. The number of piperidine rings is 1. The second kappa shape index (κ2) is 6.86. The average Bonchev–Trinajstić information content (AvgIpc) is 2.53. The van der Waals surface area contributed by atoms with Crippen molar-refractivity contribution < 1.29 is 9.53 Å². The van der Waals surface area contributed by atoms with Crippen molar-refractivity contribution in [2.24, 2.45) is 0 Å². The molecule has 4 heteroatoms. The van der Waals surface area contributed by atoms with Crippen LogP contribution in [0.1, 0.15) is 18.4 Å². The van der Waals surface area contributed by atoms with E-state index in [2.05, 4.69) is 17.4 Å². The Bertz CT molecular complexity index is 427. The molecule has 110 valence electrons. The second-order valence-corrected chi connectivity index (χ2v) is 5.42. The van der Waals surface area contributed by atoms with E-state index in [0.29, 0.717) is 13.2 Å². The van der Waals surface area contributed by atoms with Gasteiger partial charge in [-0.05, 0) is 31.5 Å². The fourth-order valence-electron chi connectivity index (χ4n) is 2.93. The summed E-state index contributed by atoms with van der Waals surface area (Å²) in [5.74, 6) is 0.210. The molecule has 1 amide bonds. The Balaban J connectivity index is 2.25. The van der Waals surface area contributed by atoms with Gasteiger partial charge in [-0.3, -0.25) is 4.79 Å². The van der Waals surface area contributed by atoms with Crippen LogP contribution < -0.4 is 5.32 Å². The molecule has 1 aromatic rings. The highest BCUT2D eigenvalue weighted by atomic mass is 16.5. The first kappa shape index (κ1) is 15.0. The van der Waals surface area contributed by atoms with E-state index in [1.165, 1.54) is 0 Å². The van der Waals surface area contributed by atoms with Gasteiger partial charge >= 0.3 is 0 Å². The van der Waals surface area contributed by atoms with Gasteiger partial charge in [0.25, 0.3) is 0 Å². The van der Waals surface area contributed by atoms with Gasteiger partial charge in [0, 0.05) is 20.7 Å². The molecule has 1 aliphatic heterocycles. The molecule has 1 fully saturated rings. The first-order valence-electron chi connectivity index (χ1n) is 7.21. The van der Waals surface area contributed by atoms with Gasteiger partial charge in [0.05, 0.1) is 12.0 Å². The zero-order valence-electron chi connectivity index (χ0n) is 12.4. The van der Waals surface area contributed by atoms with Gasteiger partial charge in [-0.1, -0.05) is 30.3 Å². The van der Waals surface area contributed by atoms with E-state index < -0.39 is 0 Å². The van der Waals surface area contributed by atoms with E-state index in [-0.39, 0.29) is 11.3 Å². The summed E-state index contributed by atoms with van der Waals surface area (Å²) < 4.78 is 5.08. The van der Waals surface area contributed by atoms with Crippen molar-refractivity contribution >= 4 is 5.91 Å². The third-order valence-electron chi connectivity index (χ3n) is 4.17. The number of ether oxygens (including phenoxy) is 1. The molecule has 0 radical (unpaired) electrons. The molecule has 1 saturated heterocycles. The van der Waals surface area contributed by atoms with Crippen molar-refractivity contribution in [3.05, 3.63) is 35.9 Å². The third-order valence-corrected chi connectivity index (χ3v) is 4.17. The van der Waals surface area contributed by atoms with Crippen LogP contribution in [0.4, 0.5) is 0 Å². The van der Waals surface area contributed by atoms with Crippen LogP contribution in [0, 0.1) is 0 Å². The average molecular weight is 276 g/mol. The molecule has 2 rings (SSSR count). The van der Waals surface area contributed by atoms with E-state index in [0.717, 1.165) is 31.5 Å². The fraction of sp³-hybridized carbons (Fsp3) is 0.562. The first-order chi connectivity index (χ1) is 9.70.